The molecule has 1 saturated heterocycles. The fourth-order valence-corrected chi connectivity index (χ4v) is 4.37. The van der Waals surface area contributed by atoms with Gasteiger partial charge in [-0.2, -0.15) is 4.68 Å². The van der Waals surface area contributed by atoms with Gasteiger partial charge >= 0.3 is 0 Å². The molecule has 8 heteroatoms. The number of H-pyrrole nitrogens is 2. The highest BCUT2D eigenvalue weighted by Gasteiger charge is 2.43. The van der Waals surface area contributed by atoms with Gasteiger partial charge in [0.05, 0.1) is 28.2 Å². The van der Waals surface area contributed by atoms with E-state index in [9.17, 15) is 14.4 Å². The molecule has 0 aliphatic carbocycles. The van der Waals surface area contributed by atoms with Crippen molar-refractivity contribution >= 4 is 28.5 Å². The quantitative estimate of drug-likeness (QED) is 0.502. The normalized spacial score (nSPS) is 16.6. The van der Waals surface area contributed by atoms with E-state index in [1.165, 1.54) is 9.58 Å². The summed E-state index contributed by atoms with van der Waals surface area (Å²) in [6.45, 7) is 5.57. The molecule has 5 rings (SSSR count). The van der Waals surface area contributed by atoms with Crippen molar-refractivity contribution in [3.8, 4) is 5.95 Å². The smallest absolute Gasteiger partial charge is 0.278 e. The molecule has 0 bridgehead atoms. The van der Waals surface area contributed by atoms with Crippen molar-refractivity contribution in [3.05, 3.63) is 75.2 Å². The molecule has 1 aliphatic rings. The van der Waals surface area contributed by atoms with Gasteiger partial charge in [-0.25, -0.2) is 9.88 Å². The summed E-state index contributed by atoms with van der Waals surface area (Å²) in [6, 6.07) is 13.1. The van der Waals surface area contributed by atoms with Gasteiger partial charge in [0.2, 0.25) is 17.8 Å². The van der Waals surface area contributed by atoms with Gasteiger partial charge in [0.1, 0.15) is 0 Å². The summed E-state index contributed by atoms with van der Waals surface area (Å²) in [5.41, 5.74) is 4.45. The summed E-state index contributed by atoms with van der Waals surface area (Å²) >= 11 is 0. The topological polar surface area (TPSA) is 104 Å². The number of rotatable bonds is 3. The number of hydrogen-bond donors (Lipinski definition) is 2. The van der Waals surface area contributed by atoms with E-state index < -0.39 is 5.92 Å². The predicted molar refractivity (Wildman–Crippen MR) is 117 cm³/mol. The van der Waals surface area contributed by atoms with Crippen molar-refractivity contribution in [1.82, 2.24) is 19.7 Å². The first-order valence-corrected chi connectivity index (χ1v) is 10.0. The van der Waals surface area contributed by atoms with Crippen molar-refractivity contribution in [3.63, 3.8) is 0 Å². The van der Waals surface area contributed by atoms with Crippen LogP contribution < -0.4 is 10.5 Å². The van der Waals surface area contributed by atoms with E-state index in [-0.39, 0.29) is 23.8 Å². The van der Waals surface area contributed by atoms with Gasteiger partial charge in [0.25, 0.3) is 5.56 Å². The number of imide groups is 1. The minimum absolute atomic E-state index is 0.0418. The van der Waals surface area contributed by atoms with E-state index in [4.69, 9.17) is 0 Å². The van der Waals surface area contributed by atoms with Gasteiger partial charge < -0.3 is 4.98 Å². The van der Waals surface area contributed by atoms with Crippen LogP contribution >= 0.6 is 0 Å². The molecule has 0 radical (unpaired) electrons. The molecule has 31 heavy (non-hydrogen) atoms. The zero-order chi connectivity index (χ0) is 21.9. The molecule has 0 spiro atoms. The predicted octanol–water partition coefficient (Wildman–Crippen LogP) is 3.01. The van der Waals surface area contributed by atoms with E-state index in [2.05, 4.69) is 15.1 Å². The minimum Gasteiger partial charge on any atom is -0.322 e. The number of anilines is 1. The zero-order valence-corrected chi connectivity index (χ0v) is 17.4. The van der Waals surface area contributed by atoms with Gasteiger partial charge in [-0.3, -0.25) is 19.5 Å². The molecule has 4 aromatic rings. The van der Waals surface area contributed by atoms with Gasteiger partial charge in [-0.05, 0) is 56.2 Å². The number of imidazole rings is 1. The van der Waals surface area contributed by atoms with Crippen molar-refractivity contribution in [2.45, 2.75) is 33.1 Å². The highest BCUT2D eigenvalue weighted by molar-refractivity contribution is 6.22. The van der Waals surface area contributed by atoms with Crippen molar-refractivity contribution in [2.24, 2.45) is 0 Å². The van der Waals surface area contributed by atoms with Crippen LogP contribution in [0.4, 0.5) is 5.69 Å². The Balaban J connectivity index is 1.56. The third kappa shape index (κ3) is 2.99. The van der Waals surface area contributed by atoms with Crippen LogP contribution in [-0.2, 0) is 9.59 Å². The Morgan fingerprint density at radius 1 is 1.00 bits per heavy atom. The van der Waals surface area contributed by atoms with Gasteiger partial charge in [0.15, 0.2) is 0 Å². The maximum Gasteiger partial charge on any atom is 0.278 e. The highest BCUT2D eigenvalue weighted by Crippen LogP contribution is 2.34. The fourth-order valence-electron chi connectivity index (χ4n) is 4.37. The van der Waals surface area contributed by atoms with Crippen LogP contribution in [0.3, 0.4) is 0 Å². The second-order valence-electron chi connectivity index (χ2n) is 8.04. The first-order valence-electron chi connectivity index (χ1n) is 10.0. The van der Waals surface area contributed by atoms with Gasteiger partial charge in [0, 0.05) is 12.1 Å². The van der Waals surface area contributed by atoms with Crippen LogP contribution in [0.1, 0.15) is 34.7 Å². The molecule has 156 valence electrons. The molecule has 8 nitrogen and oxygen atoms in total. The van der Waals surface area contributed by atoms with Crippen LogP contribution in [0.15, 0.2) is 47.3 Å². The summed E-state index contributed by atoms with van der Waals surface area (Å²) in [7, 11) is 0. The molecule has 1 fully saturated rings. The van der Waals surface area contributed by atoms with E-state index >= 15 is 0 Å². The SMILES string of the molecule is Cc1cc(C)cc(N2C(=O)C[C@@H](c3c(C)[nH]n(-c4nc5ccccc5[nH]4)c3=O)C2=O)c1. The minimum atomic E-state index is -0.831. The lowest BCUT2D eigenvalue weighted by atomic mass is 9.98. The van der Waals surface area contributed by atoms with E-state index in [0.717, 1.165) is 22.2 Å². The Morgan fingerprint density at radius 2 is 1.71 bits per heavy atom. The zero-order valence-electron chi connectivity index (χ0n) is 17.4. The summed E-state index contributed by atoms with van der Waals surface area (Å²) < 4.78 is 1.29. The molecule has 0 unspecified atom stereocenters. The Labute approximate surface area is 177 Å². The first kappa shape index (κ1) is 19.0. The number of carbonyl (C=O) groups is 2. The average molecular weight is 415 g/mol. The van der Waals surface area contributed by atoms with E-state index in [1.807, 2.05) is 56.3 Å². The number of aromatic amines is 2. The van der Waals surface area contributed by atoms with E-state index in [1.54, 1.807) is 6.92 Å². The van der Waals surface area contributed by atoms with E-state index in [0.29, 0.717) is 22.9 Å². The van der Waals surface area contributed by atoms with Crippen molar-refractivity contribution in [1.29, 1.82) is 0 Å². The molecule has 1 atom stereocenters. The first-order chi connectivity index (χ1) is 14.8. The highest BCUT2D eigenvalue weighted by atomic mass is 16.2. The summed E-state index contributed by atoms with van der Waals surface area (Å²) in [5, 5.41) is 3.00. The van der Waals surface area contributed by atoms with Crippen molar-refractivity contribution in [2.75, 3.05) is 4.90 Å². The standard InChI is InChI=1S/C23H21N5O3/c1-12-8-13(2)10-15(9-12)27-19(29)11-16(21(27)30)20-14(3)26-28(22(20)31)23-24-17-6-4-5-7-18(17)25-23/h4-10,16,26H,11H2,1-3H3,(H,24,25)/t16-/m0/s1. The number of amides is 2. The number of nitrogens with zero attached hydrogens (tertiary/aromatic N) is 3. The Morgan fingerprint density at radius 3 is 2.42 bits per heavy atom. The molecule has 2 amide bonds. The molecular weight excluding hydrogens is 394 g/mol. The number of para-hydroxylation sites is 2. The number of hydrogen-bond acceptors (Lipinski definition) is 4. The summed E-state index contributed by atoms with van der Waals surface area (Å²) in [5.74, 6) is -1.19. The number of fused-ring (bicyclic) bond motifs is 1. The molecule has 2 aromatic carbocycles. The average Bonchev–Trinajstić information content (AvgIpc) is 3.34. The largest absolute Gasteiger partial charge is 0.322 e. The Kier molecular flexibility index (Phi) is 4.18. The number of benzene rings is 2. The monoisotopic (exact) mass is 415 g/mol. The fraction of sp³-hybridized carbons (Fsp3) is 0.217. The molecule has 1 aliphatic heterocycles. The number of carbonyl (C=O) groups excluding carboxylic acids is 2. The number of aromatic nitrogens is 4. The summed E-state index contributed by atoms with van der Waals surface area (Å²) in [4.78, 5) is 48.0. The second kappa shape index (κ2) is 6.80. The third-order valence-corrected chi connectivity index (χ3v) is 5.67. The number of nitrogens with one attached hydrogen (secondary N) is 2. The lowest BCUT2D eigenvalue weighted by Gasteiger charge is -2.16. The molecule has 0 saturated carbocycles. The lowest BCUT2D eigenvalue weighted by molar-refractivity contribution is -0.121. The van der Waals surface area contributed by atoms with Gasteiger partial charge in [-0.1, -0.05) is 18.2 Å². The van der Waals surface area contributed by atoms with Gasteiger partial charge in [-0.15, -0.1) is 0 Å². The van der Waals surface area contributed by atoms with Crippen LogP contribution in [0.2, 0.25) is 0 Å². The maximum absolute atomic E-state index is 13.3. The maximum atomic E-state index is 13.3. The molecule has 2 N–H and O–H groups in total. The molecule has 3 heterocycles. The summed E-state index contributed by atoms with van der Waals surface area (Å²) in [6.07, 6.45) is -0.0418. The molecule has 2 aromatic heterocycles. The Bertz CT molecular complexity index is 1370. The van der Waals surface area contributed by atoms with Crippen LogP contribution in [-0.4, -0.2) is 31.6 Å². The van der Waals surface area contributed by atoms with Crippen LogP contribution in [0, 0.1) is 20.8 Å². The lowest BCUT2D eigenvalue weighted by Crippen LogP contribution is -2.31. The van der Waals surface area contributed by atoms with Crippen LogP contribution in [0.25, 0.3) is 17.0 Å². The number of aryl methyl sites for hydroxylation is 3. The second-order valence-corrected chi connectivity index (χ2v) is 8.04. The van der Waals surface area contributed by atoms with Crippen molar-refractivity contribution < 1.29 is 9.59 Å². The van der Waals surface area contributed by atoms with Crippen LogP contribution in [0.5, 0.6) is 0 Å². The third-order valence-electron chi connectivity index (χ3n) is 5.67. The molecular formula is C23H21N5O3. The Hall–Kier alpha value is -3.94.